The first-order chi connectivity index (χ1) is 9.49. The van der Waals surface area contributed by atoms with Crippen molar-refractivity contribution < 1.29 is 17.7 Å². The summed E-state index contributed by atoms with van der Waals surface area (Å²) in [5.74, 6) is 0. The van der Waals surface area contributed by atoms with E-state index in [0.29, 0.717) is 5.69 Å². The second-order valence-corrected chi connectivity index (χ2v) is 5.94. The van der Waals surface area contributed by atoms with Gasteiger partial charge in [-0.2, -0.15) is 8.42 Å². The van der Waals surface area contributed by atoms with Crippen LogP contribution in [0, 0.1) is 6.92 Å². The number of rotatable bonds is 5. The van der Waals surface area contributed by atoms with Crippen LogP contribution in [0.25, 0.3) is 0 Å². The summed E-state index contributed by atoms with van der Waals surface area (Å²) in [7, 11) is -3.87. The molecule has 106 valence electrons. The number of pyridine rings is 1. The molecule has 0 fully saturated rings. The fourth-order valence-corrected chi connectivity index (χ4v) is 2.50. The SMILES string of the molecule is Cc1ccc(S(=O)(=O)OCC(O)c2ccccn2)cc1. The number of aryl methyl sites for hydroxylation is 1. The number of nitrogens with zero attached hydrogens (tertiary/aromatic N) is 1. The van der Waals surface area contributed by atoms with Crippen LogP contribution in [0.1, 0.15) is 17.4 Å². The van der Waals surface area contributed by atoms with Gasteiger partial charge in [0.15, 0.2) is 0 Å². The van der Waals surface area contributed by atoms with E-state index in [1.165, 1.54) is 18.3 Å². The smallest absolute Gasteiger partial charge is 0.297 e. The van der Waals surface area contributed by atoms with Gasteiger partial charge in [0.1, 0.15) is 6.10 Å². The average molecular weight is 293 g/mol. The minimum Gasteiger partial charge on any atom is -0.384 e. The van der Waals surface area contributed by atoms with Gasteiger partial charge in [-0.05, 0) is 31.2 Å². The van der Waals surface area contributed by atoms with Crippen molar-refractivity contribution in [2.75, 3.05) is 6.61 Å². The second kappa shape index (κ2) is 6.13. The highest BCUT2D eigenvalue weighted by atomic mass is 32.2. The maximum atomic E-state index is 11.9. The first-order valence-electron chi connectivity index (χ1n) is 6.04. The summed E-state index contributed by atoms with van der Waals surface area (Å²) in [6.07, 6.45) is 0.434. The number of aliphatic hydroxyl groups excluding tert-OH is 1. The van der Waals surface area contributed by atoms with Gasteiger partial charge in [0, 0.05) is 6.20 Å². The van der Waals surface area contributed by atoms with Crippen LogP contribution in [0.2, 0.25) is 0 Å². The predicted octanol–water partition coefficient (Wildman–Crippen LogP) is 1.83. The van der Waals surface area contributed by atoms with Crippen molar-refractivity contribution in [3.05, 3.63) is 59.9 Å². The lowest BCUT2D eigenvalue weighted by Crippen LogP contribution is -2.14. The highest BCUT2D eigenvalue weighted by Gasteiger charge is 2.18. The highest BCUT2D eigenvalue weighted by Crippen LogP contribution is 2.16. The van der Waals surface area contributed by atoms with E-state index in [1.54, 1.807) is 30.3 Å². The molecule has 20 heavy (non-hydrogen) atoms. The largest absolute Gasteiger partial charge is 0.384 e. The van der Waals surface area contributed by atoms with Gasteiger partial charge in [-0.3, -0.25) is 9.17 Å². The Kier molecular flexibility index (Phi) is 4.49. The Hall–Kier alpha value is -1.76. The molecule has 0 bridgehead atoms. The first kappa shape index (κ1) is 14.6. The molecular weight excluding hydrogens is 278 g/mol. The maximum absolute atomic E-state index is 11.9. The summed E-state index contributed by atoms with van der Waals surface area (Å²) < 4.78 is 28.7. The van der Waals surface area contributed by atoms with Crippen LogP contribution >= 0.6 is 0 Å². The van der Waals surface area contributed by atoms with E-state index in [4.69, 9.17) is 4.18 Å². The standard InChI is InChI=1S/C14H15NO4S/c1-11-5-7-12(8-6-11)20(17,18)19-10-14(16)13-4-2-3-9-15-13/h2-9,14,16H,10H2,1H3. The van der Waals surface area contributed by atoms with Gasteiger partial charge in [-0.25, -0.2) is 0 Å². The van der Waals surface area contributed by atoms with Gasteiger partial charge in [0.2, 0.25) is 0 Å². The Bertz CT molecular complexity index is 653. The summed E-state index contributed by atoms with van der Waals surface area (Å²) in [4.78, 5) is 4.00. The molecule has 0 aliphatic heterocycles. The second-order valence-electron chi connectivity index (χ2n) is 4.32. The number of hydrogen-bond acceptors (Lipinski definition) is 5. The fraction of sp³-hybridized carbons (Fsp3) is 0.214. The van der Waals surface area contributed by atoms with Gasteiger partial charge < -0.3 is 5.11 Å². The Labute approximate surface area is 118 Å². The third kappa shape index (κ3) is 3.63. The molecule has 0 aliphatic rings. The van der Waals surface area contributed by atoms with Crippen molar-refractivity contribution in [2.24, 2.45) is 0 Å². The molecule has 0 radical (unpaired) electrons. The molecule has 6 heteroatoms. The molecule has 0 saturated carbocycles. The van der Waals surface area contributed by atoms with Gasteiger partial charge >= 0.3 is 0 Å². The van der Waals surface area contributed by atoms with Gasteiger partial charge in [-0.15, -0.1) is 0 Å². The van der Waals surface area contributed by atoms with Crippen molar-refractivity contribution in [3.8, 4) is 0 Å². The number of hydrogen-bond donors (Lipinski definition) is 1. The number of aromatic nitrogens is 1. The van der Waals surface area contributed by atoms with E-state index in [0.717, 1.165) is 5.56 Å². The number of benzene rings is 1. The van der Waals surface area contributed by atoms with Crippen molar-refractivity contribution in [3.63, 3.8) is 0 Å². The summed E-state index contributed by atoms with van der Waals surface area (Å²) in [6.45, 7) is 1.50. The molecule has 1 aromatic heterocycles. The molecular formula is C14H15NO4S. The van der Waals surface area contributed by atoms with Crippen molar-refractivity contribution >= 4 is 10.1 Å². The topological polar surface area (TPSA) is 76.5 Å². The summed E-state index contributed by atoms with van der Waals surface area (Å²) in [5, 5.41) is 9.82. The molecule has 2 rings (SSSR count). The Morgan fingerprint density at radius 2 is 1.90 bits per heavy atom. The zero-order valence-electron chi connectivity index (χ0n) is 10.9. The number of aliphatic hydroxyl groups is 1. The van der Waals surface area contributed by atoms with E-state index < -0.39 is 16.2 Å². The van der Waals surface area contributed by atoms with E-state index in [1.807, 2.05) is 6.92 Å². The normalized spacial score (nSPS) is 13.1. The maximum Gasteiger partial charge on any atom is 0.297 e. The average Bonchev–Trinajstić information content (AvgIpc) is 2.46. The molecule has 5 nitrogen and oxygen atoms in total. The van der Waals surface area contributed by atoms with Crippen LogP contribution in [-0.4, -0.2) is 25.1 Å². The predicted molar refractivity (Wildman–Crippen MR) is 73.5 cm³/mol. The van der Waals surface area contributed by atoms with E-state index in [9.17, 15) is 13.5 Å². The van der Waals surface area contributed by atoms with E-state index in [2.05, 4.69) is 4.98 Å². The van der Waals surface area contributed by atoms with Crippen LogP contribution in [0.5, 0.6) is 0 Å². The Morgan fingerprint density at radius 3 is 2.50 bits per heavy atom. The Morgan fingerprint density at radius 1 is 1.20 bits per heavy atom. The monoisotopic (exact) mass is 293 g/mol. The zero-order valence-corrected chi connectivity index (χ0v) is 11.7. The molecule has 1 unspecified atom stereocenters. The van der Waals surface area contributed by atoms with Crippen molar-refractivity contribution in [1.82, 2.24) is 4.98 Å². The summed E-state index contributed by atoms with van der Waals surface area (Å²) >= 11 is 0. The fourth-order valence-electron chi connectivity index (χ4n) is 1.59. The lowest BCUT2D eigenvalue weighted by atomic mass is 10.2. The zero-order chi connectivity index (χ0) is 14.6. The first-order valence-corrected chi connectivity index (χ1v) is 7.45. The highest BCUT2D eigenvalue weighted by molar-refractivity contribution is 7.86. The van der Waals surface area contributed by atoms with Crippen molar-refractivity contribution in [2.45, 2.75) is 17.9 Å². The van der Waals surface area contributed by atoms with Gasteiger partial charge in [0.25, 0.3) is 10.1 Å². The minimum atomic E-state index is -3.87. The lowest BCUT2D eigenvalue weighted by molar-refractivity contribution is 0.108. The molecule has 0 spiro atoms. The van der Waals surface area contributed by atoms with Crippen LogP contribution < -0.4 is 0 Å². The van der Waals surface area contributed by atoms with Crippen molar-refractivity contribution in [1.29, 1.82) is 0 Å². The third-order valence-corrected chi connectivity index (χ3v) is 4.02. The molecule has 1 N–H and O–H groups in total. The van der Waals surface area contributed by atoms with E-state index >= 15 is 0 Å². The minimum absolute atomic E-state index is 0.0660. The molecule has 1 aromatic carbocycles. The van der Waals surface area contributed by atoms with Crippen LogP contribution in [0.3, 0.4) is 0 Å². The van der Waals surface area contributed by atoms with Crippen LogP contribution in [-0.2, 0) is 14.3 Å². The molecule has 0 amide bonds. The lowest BCUT2D eigenvalue weighted by Gasteiger charge is -2.11. The molecule has 2 aromatic rings. The summed E-state index contributed by atoms with van der Waals surface area (Å²) in [5.41, 5.74) is 1.32. The summed E-state index contributed by atoms with van der Waals surface area (Å²) in [6, 6.07) is 11.3. The quantitative estimate of drug-likeness (QED) is 0.851. The van der Waals surface area contributed by atoms with Crippen LogP contribution in [0.15, 0.2) is 53.6 Å². The van der Waals surface area contributed by atoms with Crippen LogP contribution in [0.4, 0.5) is 0 Å². The molecule has 1 heterocycles. The third-order valence-electron chi connectivity index (χ3n) is 2.72. The molecule has 0 saturated heterocycles. The Balaban J connectivity index is 2.04. The van der Waals surface area contributed by atoms with E-state index in [-0.39, 0.29) is 11.5 Å². The van der Waals surface area contributed by atoms with Gasteiger partial charge in [-0.1, -0.05) is 23.8 Å². The van der Waals surface area contributed by atoms with Gasteiger partial charge in [0.05, 0.1) is 17.2 Å². The molecule has 0 aliphatic carbocycles. The molecule has 1 atom stereocenters.